The number of carbonyl (C=O) groups excluding carboxylic acids is 1. The van der Waals surface area contributed by atoms with E-state index >= 15 is 0 Å². The number of halogens is 2. The number of aryl methyl sites for hydroxylation is 1. The van der Waals surface area contributed by atoms with Crippen LogP contribution in [0.15, 0.2) is 28.9 Å². The van der Waals surface area contributed by atoms with Gasteiger partial charge in [-0.2, -0.15) is 0 Å². The quantitative estimate of drug-likeness (QED) is 0.895. The first-order chi connectivity index (χ1) is 9.52. The normalized spacial score (nSPS) is 12.2. The monoisotopic (exact) mass is 356 g/mol. The molecule has 1 amide bonds. The second kappa shape index (κ2) is 6.45. The van der Waals surface area contributed by atoms with Crippen LogP contribution in [0.4, 0.5) is 4.39 Å². The average Bonchev–Trinajstić information content (AvgIpc) is 2.87. The van der Waals surface area contributed by atoms with E-state index in [4.69, 9.17) is 0 Å². The van der Waals surface area contributed by atoms with Crippen molar-refractivity contribution in [2.45, 2.75) is 26.3 Å². The lowest BCUT2D eigenvalue weighted by Gasteiger charge is -2.12. The van der Waals surface area contributed by atoms with Crippen molar-refractivity contribution in [3.63, 3.8) is 0 Å². The summed E-state index contributed by atoms with van der Waals surface area (Å²) in [6.07, 6.45) is 2.72. The van der Waals surface area contributed by atoms with Crippen molar-refractivity contribution < 1.29 is 9.18 Å². The smallest absolute Gasteiger partial charge is 0.255 e. The first-order valence-corrected chi connectivity index (χ1v) is 7.83. The van der Waals surface area contributed by atoms with Gasteiger partial charge in [-0.25, -0.2) is 9.37 Å². The first kappa shape index (κ1) is 15.1. The van der Waals surface area contributed by atoms with E-state index in [0.29, 0.717) is 4.47 Å². The molecule has 20 heavy (non-hydrogen) atoms. The fourth-order valence-corrected chi connectivity index (χ4v) is 3.11. The molecule has 0 aliphatic heterocycles. The fraction of sp³-hybridized carbons (Fsp3) is 0.286. The van der Waals surface area contributed by atoms with Gasteiger partial charge in [0.2, 0.25) is 0 Å². The highest BCUT2D eigenvalue weighted by molar-refractivity contribution is 9.10. The molecule has 0 saturated heterocycles. The Balaban J connectivity index is 2.15. The number of nitrogens with one attached hydrogen (secondary N) is 1. The standard InChI is InChI=1S/C14H14BrFN2OS/c1-3-9-7-17-14(20-9)8(2)18-13(19)12-10(15)5-4-6-11(12)16/h4-8H,3H2,1-2H3,(H,18,19). The minimum Gasteiger partial charge on any atom is -0.343 e. The molecule has 2 aromatic rings. The van der Waals surface area contributed by atoms with Crippen LogP contribution in [0.25, 0.3) is 0 Å². The molecule has 1 aromatic heterocycles. The maximum Gasteiger partial charge on any atom is 0.255 e. The molecule has 0 radical (unpaired) electrons. The highest BCUT2D eigenvalue weighted by atomic mass is 79.9. The van der Waals surface area contributed by atoms with Gasteiger partial charge in [-0.05, 0) is 41.4 Å². The molecule has 1 heterocycles. The van der Waals surface area contributed by atoms with Crippen molar-refractivity contribution in [2.24, 2.45) is 0 Å². The summed E-state index contributed by atoms with van der Waals surface area (Å²) in [6.45, 7) is 3.89. The molecule has 1 N–H and O–H groups in total. The highest BCUT2D eigenvalue weighted by Gasteiger charge is 2.19. The van der Waals surface area contributed by atoms with Crippen LogP contribution in [0.5, 0.6) is 0 Å². The number of hydrogen-bond acceptors (Lipinski definition) is 3. The number of thiazole rings is 1. The third kappa shape index (κ3) is 3.24. The molecule has 1 aromatic carbocycles. The van der Waals surface area contributed by atoms with E-state index in [0.717, 1.165) is 16.3 Å². The number of rotatable bonds is 4. The second-order valence-corrected chi connectivity index (χ2v) is 6.31. The van der Waals surface area contributed by atoms with Crippen LogP contribution in [-0.2, 0) is 6.42 Å². The molecule has 2 rings (SSSR count). The number of carbonyl (C=O) groups is 1. The highest BCUT2D eigenvalue weighted by Crippen LogP contribution is 2.23. The summed E-state index contributed by atoms with van der Waals surface area (Å²) in [5, 5.41) is 3.59. The molecule has 0 bridgehead atoms. The first-order valence-electron chi connectivity index (χ1n) is 6.22. The molecule has 0 aliphatic rings. The van der Waals surface area contributed by atoms with Gasteiger partial charge < -0.3 is 5.32 Å². The van der Waals surface area contributed by atoms with Crippen LogP contribution < -0.4 is 5.32 Å². The number of benzene rings is 1. The minimum absolute atomic E-state index is 0.0200. The van der Waals surface area contributed by atoms with Gasteiger partial charge in [-0.1, -0.05) is 13.0 Å². The zero-order valence-electron chi connectivity index (χ0n) is 11.1. The zero-order chi connectivity index (χ0) is 14.7. The average molecular weight is 357 g/mol. The lowest BCUT2D eigenvalue weighted by atomic mass is 10.2. The topological polar surface area (TPSA) is 42.0 Å². The summed E-state index contributed by atoms with van der Waals surface area (Å²) in [5.41, 5.74) is 0.0200. The molecule has 0 spiro atoms. The maximum atomic E-state index is 13.7. The van der Waals surface area contributed by atoms with E-state index in [9.17, 15) is 9.18 Å². The fourth-order valence-electron chi connectivity index (χ4n) is 1.73. The van der Waals surface area contributed by atoms with Gasteiger partial charge in [0, 0.05) is 15.5 Å². The van der Waals surface area contributed by atoms with Crippen LogP contribution >= 0.6 is 27.3 Å². The molecule has 6 heteroatoms. The van der Waals surface area contributed by atoms with Gasteiger partial charge in [-0.15, -0.1) is 11.3 Å². The summed E-state index contributed by atoms with van der Waals surface area (Å²) in [6, 6.07) is 4.21. The predicted molar refractivity (Wildman–Crippen MR) is 81.5 cm³/mol. The summed E-state index contributed by atoms with van der Waals surface area (Å²) in [4.78, 5) is 17.6. The number of amides is 1. The van der Waals surface area contributed by atoms with Crippen molar-refractivity contribution in [3.8, 4) is 0 Å². The van der Waals surface area contributed by atoms with Gasteiger partial charge in [0.25, 0.3) is 5.91 Å². The molecule has 0 fully saturated rings. The zero-order valence-corrected chi connectivity index (χ0v) is 13.5. The third-order valence-corrected chi connectivity index (χ3v) is 4.81. The maximum absolute atomic E-state index is 13.7. The Bertz CT molecular complexity index is 609. The minimum atomic E-state index is -0.544. The number of nitrogens with zero attached hydrogens (tertiary/aromatic N) is 1. The van der Waals surface area contributed by atoms with Crippen molar-refractivity contribution in [3.05, 3.63) is 50.1 Å². The molecule has 0 aliphatic carbocycles. The molecule has 106 valence electrons. The molecular formula is C14H14BrFN2OS. The van der Waals surface area contributed by atoms with Gasteiger partial charge in [0.1, 0.15) is 10.8 Å². The van der Waals surface area contributed by atoms with Crippen molar-refractivity contribution in [1.82, 2.24) is 10.3 Å². The molecule has 3 nitrogen and oxygen atoms in total. The number of aromatic nitrogens is 1. The Morgan fingerprint density at radius 1 is 1.55 bits per heavy atom. The Morgan fingerprint density at radius 2 is 2.30 bits per heavy atom. The van der Waals surface area contributed by atoms with E-state index in [1.165, 1.54) is 6.07 Å². The van der Waals surface area contributed by atoms with Gasteiger partial charge in [0.05, 0.1) is 11.6 Å². The number of hydrogen-bond donors (Lipinski definition) is 1. The van der Waals surface area contributed by atoms with Crippen molar-refractivity contribution in [2.75, 3.05) is 0 Å². The van der Waals surface area contributed by atoms with E-state index in [2.05, 4.69) is 33.2 Å². The van der Waals surface area contributed by atoms with Crippen LogP contribution in [0, 0.1) is 5.82 Å². The van der Waals surface area contributed by atoms with Gasteiger partial charge >= 0.3 is 0 Å². The van der Waals surface area contributed by atoms with E-state index < -0.39 is 11.7 Å². The summed E-state index contributed by atoms with van der Waals surface area (Å²) < 4.78 is 14.1. The molecule has 1 unspecified atom stereocenters. The Labute approximate surface area is 129 Å². The van der Waals surface area contributed by atoms with Crippen LogP contribution in [-0.4, -0.2) is 10.9 Å². The SMILES string of the molecule is CCc1cnc(C(C)NC(=O)c2c(F)cccc2Br)s1. The third-order valence-electron chi connectivity index (χ3n) is 2.83. The second-order valence-electron chi connectivity index (χ2n) is 4.31. The van der Waals surface area contributed by atoms with Crippen LogP contribution in [0.3, 0.4) is 0 Å². The Kier molecular flexibility index (Phi) is 4.88. The van der Waals surface area contributed by atoms with Gasteiger partial charge in [0.15, 0.2) is 0 Å². The lowest BCUT2D eigenvalue weighted by molar-refractivity contribution is 0.0935. The van der Waals surface area contributed by atoms with Crippen molar-refractivity contribution >= 4 is 33.2 Å². The van der Waals surface area contributed by atoms with Crippen LogP contribution in [0.2, 0.25) is 0 Å². The largest absolute Gasteiger partial charge is 0.343 e. The van der Waals surface area contributed by atoms with Gasteiger partial charge in [-0.3, -0.25) is 4.79 Å². The molecule has 1 atom stereocenters. The Morgan fingerprint density at radius 3 is 2.90 bits per heavy atom. The predicted octanol–water partition coefficient (Wildman–Crippen LogP) is 4.10. The summed E-state index contributed by atoms with van der Waals surface area (Å²) >= 11 is 4.75. The lowest BCUT2D eigenvalue weighted by Crippen LogP contribution is -2.27. The summed E-state index contributed by atoms with van der Waals surface area (Å²) in [5.74, 6) is -0.992. The Hall–Kier alpha value is -1.27. The van der Waals surface area contributed by atoms with E-state index in [1.807, 2.05) is 13.1 Å². The molecule has 0 saturated carbocycles. The van der Waals surface area contributed by atoms with E-state index in [-0.39, 0.29) is 11.6 Å². The summed E-state index contributed by atoms with van der Waals surface area (Å²) in [7, 11) is 0. The molecular weight excluding hydrogens is 343 g/mol. The van der Waals surface area contributed by atoms with Crippen LogP contribution in [0.1, 0.15) is 40.1 Å². The van der Waals surface area contributed by atoms with Crippen molar-refractivity contribution in [1.29, 1.82) is 0 Å². The van der Waals surface area contributed by atoms with E-state index in [1.54, 1.807) is 23.5 Å².